The lowest BCUT2D eigenvalue weighted by Crippen LogP contribution is -2.55. The summed E-state index contributed by atoms with van der Waals surface area (Å²) in [5.74, 6) is 0.342. The van der Waals surface area contributed by atoms with E-state index in [2.05, 4.69) is 79.1 Å². The number of benzene rings is 2. The maximum Gasteiger partial charge on any atom is 0.115 e. The van der Waals surface area contributed by atoms with E-state index in [0.29, 0.717) is 23.9 Å². The van der Waals surface area contributed by atoms with E-state index < -0.39 is 0 Å². The predicted octanol–water partition coefficient (Wildman–Crippen LogP) is 4.91. The number of hydrogen-bond donors (Lipinski definition) is 2. The summed E-state index contributed by atoms with van der Waals surface area (Å²) < 4.78 is 0. The molecule has 2 fully saturated rings. The van der Waals surface area contributed by atoms with Gasteiger partial charge >= 0.3 is 0 Å². The van der Waals surface area contributed by atoms with Gasteiger partial charge in [-0.3, -0.25) is 19.7 Å². The Morgan fingerprint density at radius 3 is 2.46 bits per heavy atom. The minimum atomic E-state index is -0.0461. The molecular weight excluding hydrogens is 484 g/mol. The number of hydrogen-bond acceptors (Lipinski definition) is 7. The Bertz CT molecular complexity index is 1240. The zero-order valence-corrected chi connectivity index (χ0v) is 24.4. The van der Waals surface area contributed by atoms with E-state index in [9.17, 15) is 5.11 Å². The van der Waals surface area contributed by atoms with Crippen LogP contribution in [0.15, 0.2) is 48.7 Å². The molecule has 2 N–H and O–H groups in total. The number of phenolic OH excluding ortho intramolecular Hbond substituents is 1. The van der Waals surface area contributed by atoms with Crippen LogP contribution in [0.1, 0.15) is 69.3 Å². The summed E-state index contributed by atoms with van der Waals surface area (Å²) in [6.07, 6.45) is 6.31. The number of rotatable bonds is 8. The summed E-state index contributed by atoms with van der Waals surface area (Å²) in [5.41, 5.74) is 5.51. The van der Waals surface area contributed by atoms with E-state index in [1.807, 2.05) is 18.3 Å². The van der Waals surface area contributed by atoms with Crippen molar-refractivity contribution in [3.8, 4) is 5.75 Å². The lowest BCUT2D eigenvalue weighted by molar-refractivity contribution is 0.0506. The lowest BCUT2D eigenvalue weighted by atomic mass is 9.79. The minimum Gasteiger partial charge on any atom is -0.508 e. The molecule has 1 aromatic heterocycles. The van der Waals surface area contributed by atoms with Crippen LogP contribution in [0.25, 0.3) is 11.0 Å². The standard InChI is InChI=1S/C32H46N6O/c1-6-8-31(38-20-23(2)34-24(3)21-38)30-19-33-29-17-25(11-12-28(29)35-30)22-37-15-13-32(14-16-37,36(4)5)26-9-7-10-27(39)18-26/h7,9-12,17-19,23-24,31,34,39H,6,8,13-16,20-22H2,1-5H3. The van der Waals surface area contributed by atoms with Crippen molar-refractivity contribution in [1.82, 2.24) is 30.0 Å². The predicted molar refractivity (Wildman–Crippen MR) is 159 cm³/mol. The maximum atomic E-state index is 10.1. The first-order valence-electron chi connectivity index (χ1n) is 14.7. The number of piperidine rings is 1. The van der Waals surface area contributed by atoms with Crippen LogP contribution in [0.4, 0.5) is 0 Å². The highest BCUT2D eigenvalue weighted by Crippen LogP contribution is 2.39. The second-order valence-electron chi connectivity index (χ2n) is 12.1. The van der Waals surface area contributed by atoms with Gasteiger partial charge in [0, 0.05) is 50.3 Å². The molecule has 39 heavy (non-hydrogen) atoms. The molecule has 7 nitrogen and oxygen atoms in total. The Morgan fingerprint density at radius 2 is 1.79 bits per heavy atom. The van der Waals surface area contributed by atoms with Crippen molar-refractivity contribution in [3.63, 3.8) is 0 Å². The number of piperazine rings is 1. The number of nitrogens with one attached hydrogen (secondary N) is 1. The molecule has 5 rings (SSSR count). The highest BCUT2D eigenvalue weighted by molar-refractivity contribution is 5.74. The van der Waals surface area contributed by atoms with Crippen molar-refractivity contribution in [2.75, 3.05) is 40.3 Å². The normalized spacial score (nSPS) is 23.3. The number of aromatic hydroxyl groups is 1. The monoisotopic (exact) mass is 530 g/mol. The summed E-state index contributed by atoms with van der Waals surface area (Å²) in [6, 6.07) is 15.7. The second-order valence-corrected chi connectivity index (χ2v) is 12.1. The highest BCUT2D eigenvalue weighted by atomic mass is 16.3. The van der Waals surface area contributed by atoms with Gasteiger partial charge in [-0.1, -0.05) is 31.5 Å². The first-order valence-corrected chi connectivity index (χ1v) is 14.7. The molecule has 2 saturated heterocycles. The summed E-state index contributed by atoms with van der Waals surface area (Å²) in [5, 5.41) is 13.7. The molecule has 0 saturated carbocycles. The Hall–Kier alpha value is -2.58. The van der Waals surface area contributed by atoms with Crippen molar-refractivity contribution in [2.45, 2.75) is 76.7 Å². The maximum absolute atomic E-state index is 10.1. The van der Waals surface area contributed by atoms with Crippen LogP contribution in [-0.2, 0) is 12.1 Å². The van der Waals surface area contributed by atoms with Gasteiger partial charge in [0.05, 0.1) is 29.0 Å². The second kappa shape index (κ2) is 11.9. The molecular formula is C32H46N6O. The third-order valence-corrected chi connectivity index (χ3v) is 8.88. The summed E-state index contributed by atoms with van der Waals surface area (Å²) in [6.45, 7) is 11.8. The van der Waals surface area contributed by atoms with Gasteiger partial charge in [-0.15, -0.1) is 0 Å². The molecule has 3 heterocycles. The van der Waals surface area contributed by atoms with Gasteiger partial charge < -0.3 is 10.4 Å². The van der Waals surface area contributed by atoms with Gasteiger partial charge in [-0.25, -0.2) is 4.98 Å². The number of nitrogens with zero attached hydrogens (tertiary/aromatic N) is 5. The average molecular weight is 531 g/mol. The number of fused-ring (bicyclic) bond motifs is 1. The molecule has 3 atom stereocenters. The van der Waals surface area contributed by atoms with E-state index >= 15 is 0 Å². The Morgan fingerprint density at radius 1 is 1.05 bits per heavy atom. The van der Waals surface area contributed by atoms with Crippen molar-refractivity contribution in [2.24, 2.45) is 0 Å². The fourth-order valence-electron chi connectivity index (χ4n) is 6.87. The quantitative estimate of drug-likeness (QED) is 0.429. The van der Waals surface area contributed by atoms with E-state index in [1.54, 1.807) is 6.07 Å². The van der Waals surface area contributed by atoms with Gasteiger partial charge in [-0.05, 0) is 82.6 Å². The summed E-state index contributed by atoms with van der Waals surface area (Å²) >= 11 is 0. The van der Waals surface area contributed by atoms with Gasteiger partial charge in [0.1, 0.15) is 5.75 Å². The van der Waals surface area contributed by atoms with Crippen LogP contribution < -0.4 is 5.32 Å². The Kier molecular flexibility index (Phi) is 8.52. The van der Waals surface area contributed by atoms with Crippen LogP contribution in [-0.4, -0.2) is 82.1 Å². The van der Waals surface area contributed by atoms with Crippen LogP contribution in [0, 0.1) is 0 Å². The fraction of sp³-hybridized carbons (Fsp3) is 0.562. The molecule has 3 unspecified atom stereocenters. The zero-order chi connectivity index (χ0) is 27.6. The molecule has 3 aromatic rings. The van der Waals surface area contributed by atoms with Gasteiger partial charge in [0.25, 0.3) is 0 Å². The van der Waals surface area contributed by atoms with Crippen LogP contribution >= 0.6 is 0 Å². The van der Waals surface area contributed by atoms with Crippen LogP contribution in [0.3, 0.4) is 0 Å². The Balaban J connectivity index is 1.28. The molecule has 2 aromatic carbocycles. The first-order chi connectivity index (χ1) is 18.8. The summed E-state index contributed by atoms with van der Waals surface area (Å²) in [7, 11) is 4.31. The third-order valence-electron chi connectivity index (χ3n) is 8.88. The molecule has 0 bridgehead atoms. The molecule has 210 valence electrons. The van der Waals surface area contributed by atoms with Crippen molar-refractivity contribution >= 4 is 11.0 Å². The SMILES string of the molecule is CCCC(c1cnc2cc(CN3CCC(c4cccc(O)c4)(N(C)C)CC3)ccc2n1)N1CC(C)NC(C)C1. The third kappa shape index (κ3) is 6.12. The van der Waals surface area contributed by atoms with Gasteiger partial charge in [-0.2, -0.15) is 0 Å². The van der Waals surface area contributed by atoms with E-state index in [0.717, 1.165) is 75.1 Å². The highest BCUT2D eigenvalue weighted by Gasteiger charge is 2.38. The topological polar surface area (TPSA) is 67.8 Å². The molecule has 0 spiro atoms. The molecule has 0 amide bonds. The van der Waals surface area contributed by atoms with E-state index in [-0.39, 0.29) is 5.54 Å². The molecule has 2 aliphatic heterocycles. The van der Waals surface area contributed by atoms with Gasteiger partial charge in [0.15, 0.2) is 0 Å². The average Bonchev–Trinajstić information content (AvgIpc) is 2.91. The first kappa shape index (κ1) is 28.0. The Labute approximate surface area is 234 Å². The lowest BCUT2D eigenvalue weighted by Gasteiger charge is -2.46. The van der Waals surface area contributed by atoms with E-state index in [1.165, 1.54) is 11.1 Å². The molecule has 2 aliphatic rings. The van der Waals surface area contributed by atoms with Crippen LogP contribution in [0.2, 0.25) is 0 Å². The fourth-order valence-corrected chi connectivity index (χ4v) is 6.87. The smallest absolute Gasteiger partial charge is 0.115 e. The minimum absolute atomic E-state index is 0.0461. The van der Waals surface area contributed by atoms with Gasteiger partial charge in [0.2, 0.25) is 0 Å². The summed E-state index contributed by atoms with van der Waals surface area (Å²) in [4.78, 5) is 17.5. The number of phenols is 1. The van der Waals surface area contributed by atoms with Crippen molar-refractivity contribution in [3.05, 3.63) is 65.5 Å². The molecule has 7 heteroatoms. The van der Waals surface area contributed by atoms with Crippen LogP contribution in [0.5, 0.6) is 5.75 Å². The zero-order valence-electron chi connectivity index (χ0n) is 24.4. The molecule has 0 aliphatic carbocycles. The van der Waals surface area contributed by atoms with Crippen molar-refractivity contribution < 1.29 is 5.11 Å². The number of aromatic nitrogens is 2. The molecule has 0 radical (unpaired) electrons. The largest absolute Gasteiger partial charge is 0.508 e. The van der Waals surface area contributed by atoms with Crippen molar-refractivity contribution in [1.29, 1.82) is 0 Å². The number of likely N-dealkylation sites (tertiary alicyclic amines) is 1. The van der Waals surface area contributed by atoms with E-state index in [4.69, 9.17) is 9.97 Å².